The molecule has 1 aromatic carbocycles. The molecule has 104 valence electrons. The highest BCUT2D eigenvalue weighted by molar-refractivity contribution is 7.99. The predicted molar refractivity (Wildman–Crippen MR) is 81.0 cm³/mol. The molecule has 1 fully saturated rings. The van der Waals surface area contributed by atoms with Crippen molar-refractivity contribution in [2.24, 2.45) is 0 Å². The number of anilines is 1. The number of nitrogens with one attached hydrogen (secondary N) is 1. The van der Waals surface area contributed by atoms with E-state index < -0.39 is 0 Å². The Kier molecular flexibility index (Phi) is 5.58. The van der Waals surface area contributed by atoms with Gasteiger partial charge in [-0.15, -0.1) is 0 Å². The molecule has 1 aromatic rings. The van der Waals surface area contributed by atoms with Crippen LogP contribution in [0.2, 0.25) is 0 Å². The number of hydrogen-bond donors (Lipinski definition) is 1. The molecule has 0 bridgehead atoms. The van der Waals surface area contributed by atoms with Crippen LogP contribution in [0.5, 0.6) is 0 Å². The van der Waals surface area contributed by atoms with Crippen LogP contribution in [0.4, 0.5) is 5.69 Å². The van der Waals surface area contributed by atoms with Gasteiger partial charge in [-0.05, 0) is 55.0 Å². The Balaban J connectivity index is 1.88. The fourth-order valence-electron chi connectivity index (χ4n) is 2.06. The van der Waals surface area contributed by atoms with Gasteiger partial charge in [0, 0.05) is 11.7 Å². The Morgan fingerprint density at radius 2 is 2.00 bits per heavy atom. The maximum Gasteiger partial charge on any atom is 0.338 e. The zero-order chi connectivity index (χ0) is 13.5. The third-order valence-electron chi connectivity index (χ3n) is 3.15. The van der Waals surface area contributed by atoms with E-state index in [1.807, 2.05) is 43.0 Å². The zero-order valence-corrected chi connectivity index (χ0v) is 12.2. The lowest BCUT2D eigenvalue weighted by Crippen LogP contribution is -2.24. The summed E-state index contributed by atoms with van der Waals surface area (Å²) in [7, 11) is 0. The van der Waals surface area contributed by atoms with E-state index in [4.69, 9.17) is 4.74 Å². The van der Waals surface area contributed by atoms with Crippen molar-refractivity contribution in [3.8, 4) is 0 Å². The van der Waals surface area contributed by atoms with Crippen molar-refractivity contribution in [3.63, 3.8) is 0 Å². The van der Waals surface area contributed by atoms with E-state index in [-0.39, 0.29) is 5.97 Å². The zero-order valence-electron chi connectivity index (χ0n) is 11.4. The Hall–Kier alpha value is -1.16. The molecule has 1 aliphatic heterocycles. The summed E-state index contributed by atoms with van der Waals surface area (Å²) in [6.07, 6.45) is 3.28. The summed E-state index contributed by atoms with van der Waals surface area (Å²) < 4.78 is 5.10. The first-order chi connectivity index (χ1) is 9.29. The molecule has 0 saturated carbocycles. The molecular weight excluding hydrogens is 258 g/mol. The van der Waals surface area contributed by atoms with E-state index in [0.717, 1.165) is 12.1 Å². The van der Waals surface area contributed by atoms with Crippen molar-refractivity contribution < 1.29 is 9.53 Å². The summed E-state index contributed by atoms with van der Waals surface area (Å²) >= 11 is 2.02. The van der Waals surface area contributed by atoms with Gasteiger partial charge in [-0.25, -0.2) is 4.79 Å². The van der Waals surface area contributed by atoms with Gasteiger partial charge in [0.2, 0.25) is 0 Å². The van der Waals surface area contributed by atoms with E-state index >= 15 is 0 Å². The van der Waals surface area contributed by atoms with Crippen LogP contribution in [-0.2, 0) is 4.74 Å². The predicted octanol–water partition coefficient (Wildman–Crippen LogP) is 3.56. The molecule has 4 heteroatoms. The van der Waals surface area contributed by atoms with Crippen LogP contribution in [0.15, 0.2) is 24.3 Å². The molecule has 0 unspecified atom stereocenters. The lowest BCUT2D eigenvalue weighted by Gasteiger charge is -2.23. The Labute approximate surface area is 119 Å². The van der Waals surface area contributed by atoms with E-state index in [0.29, 0.717) is 18.2 Å². The first-order valence-corrected chi connectivity index (χ1v) is 8.06. The van der Waals surface area contributed by atoms with Crippen LogP contribution in [-0.4, -0.2) is 30.1 Å². The number of thioether (sulfide) groups is 1. The minimum atomic E-state index is -0.234. The molecule has 0 aromatic heterocycles. The summed E-state index contributed by atoms with van der Waals surface area (Å²) in [6.45, 7) is 2.47. The quantitative estimate of drug-likeness (QED) is 0.836. The van der Waals surface area contributed by atoms with Gasteiger partial charge >= 0.3 is 5.97 Å². The number of benzene rings is 1. The number of rotatable bonds is 5. The van der Waals surface area contributed by atoms with Gasteiger partial charge in [0.1, 0.15) is 0 Å². The normalized spacial score (nSPS) is 16.1. The third kappa shape index (κ3) is 4.46. The first kappa shape index (κ1) is 14.3. The van der Waals surface area contributed by atoms with Gasteiger partial charge in [-0.1, -0.05) is 6.92 Å². The molecule has 19 heavy (non-hydrogen) atoms. The molecule has 1 saturated heterocycles. The summed E-state index contributed by atoms with van der Waals surface area (Å²) in [5.41, 5.74) is 1.71. The molecule has 0 atom stereocenters. The van der Waals surface area contributed by atoms with Gasteiger partial charge in [-0.3, -0.25) is 0 Å². The molecule has 0 radical (unpaired) electrons. The molecule has 1 N–H and O–H groups in total. The monoisotopic (exact) mass is 279 g/mol. The number of carbonyl (C=O) groups excluding carboxylic acids is 1. The minimum absolute atomic E-state index is 0.234. The molecule has 2 rings (SSSR count). The molecular formula is C15H21NO2S. The van der Waals surface area contributed by atoms with Crippen molar-refractivity contribution >= 4 is 23.4 Å². The SMILES string of the molecule is CCCOC(=O)c1ccc(NC2CCSCC2)cc1. The van der Waals surface area contributed by atoms with Crippen LogP contribution < -0.4 is 5.32 Å². The maximum atomic E-state index is 11.7. The summed E-state index contributed by atoms with van der Waals surface area (Å²) in [5.74, 6) is 2.24. The average Bonchev–Trinajstić information content (AvgIpc) is 2.46. The third-order valence-corrected chi connectivity index (χ3v) is 4.20. The fraction of sp³-hybridized carbons (Fsp3) is 0.533. The second kappa shape index (κ2) is 7.43. The maximum absolute atomic E-state index is 11.7. The number of esters is 1. The number of hydrogen-bond acceptors (Lipinski definition) is 4. The lowest BCUT2D eigenvalue weighted by molar-refractivity contribution is 0.0505. The first-order valence-electron chi connectivity index (χ1n) is 6.91. The van der Waals surface area contributed by atoms with Crippen molar-refractivity contribution in [2.45, 2.75) is 32.2 Å². The van der Waals surface area contributed by atoms with Crippen LogP contribution in [0.3, 0.4) is 0 Å². The highest BCUT2D eigenvalue weighted by Gasteiger charge is 2.13. The van der Waals surface area contributed by atoms with Crippen molar-refractivity contribution in [1.82, 2.24) is 0 Å². The van der Waals surface area contributed by atoms with Crippen molar-refractivity contribution in [3.05, 3.63) is 29.8 Å². The van der Waals surface area contributed by atoms with Gasteiger partial charge in [-0.2, -0.15) is 11.8 Å². The van der Waals surface area contributed by atoms with Gasteiger partial charge in [0.05, 0.1) is 12.2 Å². The van der Waals surface area contributed by atoms with Gasteiger partial charge in [0.15, 0.2) is 0 Å². The second-order valence-corrected chi connectivity index (χ2v) is 5.97. The minimum Gasteiger partial charge on any atom is -0.462 e. The molecule has 0 aliphatic carbocycles. The van der Waals surface area contributed by atoms with E-state index in [1.54, 1.807) is 0 Å². The van der Waals surface area contributed by atoms with E-state index in [2.05, 4.69) is 5.32 Å². The highest BCUT2D eigenvalue weighted by Crippen LogP contribution is 2.21. The van der Waals surface area contributed by atoms with E-state index in [9.17, 15) is 4.79 Å². The molecule has 0 spiro atoms. The molecule has 0 amide bonds. The average molecular weight is 279 g/mol. The van der Waals surface area contributed by atoms with Crippen molar-refractivity contribution in [2.75, 3.05) is 23.4 Å². The number of ether oxygens (including phenoxy) is 1. The largest absolute Gasteiger partial charge is 0.462 e. The molecule has 1 heterocycles. The second-order valence-electron chi connectivity index (χ2n) is 4.74. The Bertz CT molecular complexity index is 399. The smallest absolute Gasteiger partial charge is 0.338 e. The molecule has 1 aliphatic rings. The van der Waals surface area contributed by atoms with Crippen LogP contribution >= 0.6 is 11.8 Å². The Morgan fingerprint density at radius 1 is 1.32 bits per heavy atom. The van der Waals surface area contributed by atoms with Crippen molar-refractivity contribution in [1.29, 1.82) is 0 Å². The van der Waals surface area contributed by atoms with Gasteiger partial charge < -0.3 is 10.1 Å². The van der Waals surface area contributed by atoms with Crippen LogP contribution in [0.25, 0.3) is 0 Å². The van der Waals surface area contributed by atoms with E-state index in [1.165, 1.54) is 24.3 Å². The molecule has 3 nitrogen and oxygen atoms in total. The summed E-state index contributed by atoms with van der Waals surface area (Å²) in [6, 6.07) is 8.16. The lowest BCUT2D eigenvalue weighted by atomic mass is 10.1. The standard InChI is InChI=1S/C15H21NO2S/c1-2-9-18-15(17)12-3-5-13(6-4-12)16-14-7-10-19-11-8-14/h3-6,14,16H,2,7-11H2,1H3. The Morgan fingerprint density at radius 3 is 2.63 bits per heavy atom. The summed E-state index contributed by atoms with van der Waals surface area (Å²) in [5, 5.41) is 3.52. The highest BCUT2D eigenvalue weighted by atomic mass is 32.2. The topological polar surface area (TPSA) is 38.3 Å². The van der Waals surface area contributed by atoms with Gasteiger partial charge in [0.25, 0.3) is 0 Å². The number of carbonyl (C=O) groups is 1. The van der Waals surface area contributed by atoms with Crippen LogP contribution in [0, 0.1) is 0 Å². The van der Waals surface area contributed by atoms with Crippen LogP contribution in [0.1, 0.15) is 36.5 Å². The summed E-state index contributed by atoms with van der Waals surface area (Å²) in [4.78, 5) is 11.7. The fourth-order valence-corrected chi connectivity index (χ4v) is 3.16.